The number of benzene rings is 3. The van der Waals surface area contributed by atoms with Crippen LogP contribution in [0.3, 0.4) is 0 Å². The van der Waals surface area contributed by atoms with E-state index in [1.165, 1.54) is 17.0 Å². The predicted molar refractivity (Wildman–Crippen MR) is 157 cm³/mol. The number of carbonyl (C=O) groups excluding carboxylic acids is 2. The number of amides is 2. The smallest absolute Gasteiger partial charge is 0.244 e. The minimum atomic E-state index is -3.84. The van der Waals surface area contributed by atoms with Crippen molar-refractivity contribution in [1.82, 2.24) is 10.2 Å². The number of aryl methyl sites for hydroxylation is 2. The fraction of sp³-hybridized carbons (Fsp3) is 0.355. The lowest BCUT2D eigenvalue weighted by Crippen LogP contribution is -2.53. The number of rotatable bonds is 13. The van der Waals surface area contributed by atoms with Gasteiger partial charge >= 0.3 is 0 Å². The average Bonchev–Trinajstić information content (AvgIpc) is 2.92. The Balaban J connectivity index is 2.03. The van der Waals surface area contributed by atoms with Crippen LogP contribution in [0.5, 0.6) is 0 Å². The molecule has 7 nitrogen and oxygen atoms in total. The molecule has 0 bridgehead atoms. The molecule has 0 aliphatic heterocycles. The number of hydrogen-bond donors (Lipinski definition) is 1. The zero-order valence-electron chi connectivity index (χ0n) is 23.6. The maximum atomic E-state index is 14.0. The third-order valence-corrected chi connectivity index (χ3v) is 7.97. The van der Waals surface area contributed by atoms with Crippen molar-refractivity contribution in [3.63, 3.8) is 0 Å². The van der Waals surface area contributed by atoms with Crippen LogP contribution in [0.15, 0.2) is 72.8 Å². The Kier molecular flexibility index (Phi) is 10.8. The van der Waals surface area contributed by atoms with Crippen LogP contribution in [-0.2, 0) is 32.6 Å². The molecule has 0 saturated heterocycles. The van der Waals surface area contributed by atoms with E-state index in [1.54, 1.807) is 24.3 Å². The summed E-state index contributed by atoms with van der Waals surface area (Å²) in [5.41, 5.74) is 3.72. The van der Waals surface area contributed by atoms with Gasteiger partial charge in [-0.05, 0) is 66.8 Å². The van der Waals surface area contributed by atoms with Crippen molar-refractivity contribution in [2.75, 3.05) is 23.7 Å². The first-order valence-corrected chi connectivity index (χ1v) is 15.2. The van der Waals surface area contributed by atoms with Crippen molar-refractivity contribution in [3.8, 4) is 0 Å². The van der Waals surface area contributed by atoms with E-state index >= 15 is 0 Å². The van der Waals surface area contributed by atoms with Crippen LogP contribution in [-0.4, -0.2) is 50.5 Å². The van der Waals surface area contributed by atoms with Crippen molar-refractivity contribution >= 4 is 27.5 Å². The summed E-state index contributed by atoms with van der Waals surface area (Å²) in [5.74, 6) is -1.29. The first kappa shape index (κ1) is 30.8. The number of hydrogen-bond acceptors (Lipinski definition) is 4. The second-order valence-corrected chi connectivity index (χ2v) is 11.9. The van der Waals surface area contributed by atoms with Crippen LogP contribution in [0.1, 0.15) is 42.0 Å². The molecule has 3 aromatic rings. The zero-order valence-corrected chi connectivity index (χ0v) is 24.4. The van der Waals surface area contributed by atoms with Gasteiger partial charge in [0.05, 0.1) is 11.9 Å². The number of nitrogens with one attached hydrogen (secondary N) is 1. The molecule has 40 heavy (non-hydrogen) atoms. The lowest BCUT2D eigenvalue weighted by Gasteiger charge is -2.33. The highest BCUT2D eigenvalue weighted by Gasteiger charge is 2.33. The van der Waals surface area contributed by atoms with Crippen molar-refractivity contribution in [2.24, 2.45) is 0 Å². The molecule has 0 fully saturated rings. The number of unbranched alkanes of at least 4 members (excludes halogenated alkanes) is 1. The Hall–Kier alpha value is -3.72. The molecule has 0 aliphatic rings. The predicted octanol–water partition coefficient (Wildman–Crippen LogP) is 4.76. The van der Waals surface area contributed by atoms with E-state index in [0.29, 0.717) is 17.8 Å². The molecule has 3 aromatic carbocycles. The average molecular weight is 568 g/mol. The van der Waals surface area contributed by atoms with E-state index in [9.17, 15) is 22.4 Å². The molecule has 214 valence electrons. The number of nitrogens with zero attached hydrogens (tertiary/aromatic N) is 2. The third-order valence-electron chi connectivity index (χ3n) is 6.82. The van der Waals surface area contributed by atoms with E-state index in [0.717, 1.165) is 40.1 Å². The van der Waals surface area contributed by atoms with Gasteiger partial charge in [-0.3, -0.25) is 13.9 Å². The number of sulfonamides is 1. The number of carbonyl (C=O) groups is 2. The molecule has 0 heterocycles. The highest BCUT2D eigenvalue weighted by Crippen LogP contribution is 2.23. The molecular formula is C31H38FN3O4S. The monoisotopic (exact) mass is 567 g/mol. The zero-order chi connectivity index (χ0) is 29.3. The van der Waals surface area contributed by atoms with Crippen molar-refractivity contribution in [1.29, 1.82) is 0 Å². The minimum Gasteiger partial charge on any atom is -0.354 e. The van der Waals surface area contributed by atoms with E-state index in [4.69, 9.17) is 0 Å². The van der Waals surface area contributed by atoms with Gasteiger partial charge < -0.3 is 10.2 Å². The van der Waals surface area contributed by atoms with E-state index < -0.39 is 34.3 Å². The van der Waals surface area contributed by atoms with Gasteiger partial charge in [-0.2, -0.15) is 0 Å². The van der Waals surface area contributed by atoms with Crippen LogP contribution in [0.4, 0.5) is 10.1 Å². The molecular weight excluding hydrogens is 529 g/mol. The van der Waals surface area contributed by atoms with E-state index in [1.807, 2.05) is 57.2 Å². The van der Waals surface area contributed by atoms with Gasteiger partial charge in [0, 0.05) is 19.5 Å². The number of anilines is 1. The summed E-state index contributed by atoms with van der Waals surface area (Å²) < 4.78 is 40.5. The summed E-state index contributed by atoms with van der Waals surface area (Å²) in [7, 11) is -3.84. The largest absolute Gasteiger partial charge is 0.354 e. The Bertz CT molecular complexity index is 1400. The number of halogens is 1. The molecule has 0 aliphatic carbocycles. The highest BCUT2D eigenvalue weighted by atomic mass is 32.2. The SMILES string of the molecule is CCCCNC(=O)C(Cc1ccccc1)N(Cc1ccc(F)cc1)C(=O)CN(c1ccc(C)c(C)c1)S(C)(=O)=O. The standard InChI is InChI=1S/C31H38FN3O4S/c1-5-6-18-33-31(37)29(20-25-10-8-7-9-11-25)34(21-26-13-15-27(32)16-14-26)30(36)22-35(40(4,38)39)28-17-12-23(2)24(3)19-28/h7-17,19,29H,5-6,18,20-22H2,1-4H3,(H,33,37). The molecule has 0 aromatic heterocycles. The molecule has 1 unspecified atom stereocenters. The molecule has 3 rings (SSSR count). The molecule has 1 atom stereocenters. The van der Waals surface area contributed by atoms with Crippen molar-refractivity contribution in [3.05, 3.63) is 101 Å². The molecule has 0 spiro atoms. The fourth-order valence-corrected chi connectivity index (χ4v) is 5.18. The Morgan fingerprint density at radius 3 is 2.20 bits per heavy atom. The summed E-state index contributed by atoms with van der Waals surface area (Å²) in [6.07, 6.45) is 2.96. The van der Waals surface area contributed by atoms with E-state index in [-0.39, 0.29) is 18.9 Å². The van der Waals surface area contributed by atoms with Gasteiger partial charge in [0.15, 0.2) is 0 Å². The Labute approximate surface area is 237 Å². The Morgan fingerprint density at radius 2 is 1.60 bits per heavy atom. The second kappa shape index (κ2) is 14.1. The Morgan fingerprint density at radius 1 is 0.925 bits per heavy atom. The molecule has 9 heteroatoms. The molecule has 1 N–H and O–H groups in total. The van der Waals surface area contributed by atoms with Crippen LogP contribution < -0.4 is 9.62 Å². The van der Waals surface area contributed by atoms with Gasteiger partial charge in [-0.15, -0.1) is 0 Å². The normalized spacial score (nSPS) is 12.0. The summed E-state index contributed by atoms with van der Waals surface area (Å²) in [5, 5.41) is 2.94. The molecule has 0 saturated carbocycles. The quantitative estimate of drug-likeness (QED) is 0.302. The maximum Gasteiger partial charge on any atom is 0.244 e. The van der Waals surface area contributed by atoms with Gasteiger partial charge in [0.1, 0.15) is 18.4 Å². The molecule has 0 radical (unpaired) electrons. The van der Waals surface area contributed by atoms with Gasteiger partial charge in [0.2, 0.25) is 21.8 Å². The van der Waals surface area contributed by atoms with Crippen LogP contribution in [0.2, 0.25) is 0 Å². The summed E-state index contributed by atoms with van der Waals surface area (Å²) in [4.78, 5) is 29.0. The van der Waals surface area contributed by atoms with E-state index in [2.05, 4.69) is 5.32 Å². The van der Waals surface area contributed by atoms with Crippen molar-refractivity contribution in [2.45, 2.75) is 52.6 Å². The van der Waals surface area contributed by atoms with Gasteiger partial charge in [-0.1, -0.05) is 61.9 Å². The van der Waals surface area contributed by atoms with Crippen LogP contribution >= 0.6 is 0 Å². The first-order chi connectivity index (χ1) is 19.0. The van der Waals surface area contributed by atoms with Gasteiger partial charge in [0.25, 0.3) is 0 Å². The lowest BCUT2D eigenvalue weighted by atomic mass is 10.0. The maximum absolute atomic E-state index is 14.0. The van der Waals surface area contributed by atoms with Crippen LogP contribution in [0, 0.1) is 19.7 Å². The molecule has 2 amide bonds. The third kappa shape index (κ3) is 8.64. The highest BCUT2D eigenvalue weighted by molar-refractivity contribution is 7.92. The van der Waals surface area contributed by atoms with Crippen molar-refractivity contribution < 1.29 is 22.4 Å². The summed E-state index contributed by atoms with van der Waals surface area (Å²) in [6, 6.07) is 19.3. The van der Waals surface area contributed by atoms with Gasteiger partial charge in [-0.25, -0.2) is 12.8 Å². The fourth-order valence-electron chi connectivity index (χ4n) is 4.34. The summed E-state index contributed by atoms with van der Waals surface area (Å²) >= 11 is 0. The summed E-state index contributed by atoms with van der Waals surface area (Å²) in [6.45, 7) is 5.78. The first-order valence-electron chi connectivity index (χ1n) is 13.4. The van der Waals surface area contributed by atoms with Crippen LogP contribution in [0.25, 0.3) is 0 Å². The second-order valence-electron chi connectivity index (χ2n) is 10.0. The topological polar surface area (TPSA) is 86.8 Å². The minimum absolute atomic E-state index is 0.00232. The lowest BCUT2D eigenvalue weighted by molar-refractivity contribution is -0.140.